The molecular weight excluding hydrogens is 528 g/mol. The molecule has 0 bridgehead atoms. The molecule has 1 saturated carbocycles. The van der Waals surface area contributed by atoms with Crippen LogP contribution in [0.5, 0.6) is 5.75 Å². The zero-order valence-corrected chi connectivity index (χ0v) is 21.1. The SMILES string of the molecule is Cn1c(=O)c2c(c3cc(Nc4nc(N5CC[C@H](F)[C@@H](F)C5)ncc4Cl)ccc31)N[C@@H](C1CC1)C(F)(F)CO2. The largest absolute Gasteiger partial charge is 0.480 e. The Morgan fingerprint density at radius 3 is 2.74 bits per heavy atom. The highest BCUT2D eigenvalue weighted by atomic mass is 35.5. The zero-order chi connectivity index (χ0) is 26.8. The zero-order valence-electron chi connectivity index (χ0n) is 20.4. The number of nitrogens with one attached hydrogen (secondary N) is 2. The van der Waals surface area contributed by atoms with E-state index in [1.54, 1.807) is 30.1 Å². The van der Waals surface area contributed by atoms with Crippen molar-refractivity contribution >= 4 is 45.6 Å². The van der Waals surface area contributed by atoms with Crippen molar-refractivity contribution in [3.63, 3.8) is 0 Å². The molecule has 2 N–H and O–H groups in total. The molecule has 38 heavy (non-hydrogen) atoms. The van der Waals surface area contributed by atoms with Crippen LogP contribution < -0.4 is 25.8 Å². The van der Waals surface area contributed by atoms with E-state index in [4.69, 9.17) is 16.3 Å². The lowest BCUT2D eigenvalue weighted by molar-refractivity contribution is -0.0579. The van der Waals surface area contributed by atoms with Crippen LogP contribution >= 0.6 is 11.6 Å². The first-order valence-electron chi connectivity index (χ1n) is 12.4. The highest BCUT2D eigenvalue weighted by molar-refractivity contribution is 6.32. The van der Waals surface area contributed by atoms with Gasteiger partial charge in [0.2, 0.25) is 11.7 Å². The molecular formula is C25H25ClF4N6O2. The molecule has 1 saturated heterocycles. The predicted molar refractivity (Wildman–Crippen MR) is 137 cm³/mol. The number of rotatable bonds is 4. The Labute approximate surface area is 220 Å². The second-order valence-corrected chi connectivity index (χ2v) is 10.5. The van der Waals surface area contributed by atoms with E-state index in [1.165, 1.54) is 10.8 Å². The summed E-state index contributed by atoms with van der Waals surface area (Å²) >= 11 is 6.33. The maximum Gasteiger partial charge on any atom is 0.301 e. The van der Waals surface area contributed by atoms with Crippen molar-refractivity contribution in [2.45, 2.75) is 43.6 Å². The summed E-state index contributed by atoms with van der Waals surface area (Å²) in [6.45, 7) is -0.792. The van der Waals surface area contributed by atoms with Crippen LogP contribution in [0.2, 0.25) is 5.02 Å². The summed E-state index contributed by atoms with van der Waals surface area (Å²) in [4.78, 5) is 23.1. The van der Waals surface area contributed by atoms with Crippen LogP contribution in [-0.4, -0.2) is 58.5 Å². The molecule has 2 aromatic heterocycles. The fourth-order valence-electron chi connectivity index (χ4n) is 5.08. The molecule has 0 unspecified atom stereocenters. The average Bonchev–Trinajstić information content (AvgIpc) is 3.73. The predicted octanol–water partition coefficient (Wildman–Crippen LogP) is 4.83. The summed E-state index contributed by atoms with van der Waals surface area (Å²) in [5.74, 6) is -3.07. The number of halogens is 5. The second kappa shape index (κ2) is 9.18. The van der Waals surface area contributed by atoms with E-state index in [0.29, 0.717) is 29.4 Å². The van der Waals surface area contributed by atoms with Crippen LogP contribution in [0.15, 0.2) is 29.2 Å². The maximum absolute atomic E-state index is 14.9. The Morgan fingerprint density at radius 2 is 2.00 bits per heavy atom. The number of aryl methyl sites for hydroxylation is 1. The van der Waals surface area contributed by atoms with Gasteiger partial charge in [0.15, 0.2) is 12.4 Å². The number of alkyl halides is 4. The van der Waals surface area contributed by atoms with Crippen LogP contribution in [0.3, 0.4) is 0 Å². The third kappa shape index (κ3) is 4.38. The summed E-state index contributed by atoms with van der Waals surface area (Å²) in [5.41, 5.74) is 0.738. The minimum atomic E-state index is -3.15. The Kier molecular flexibility index (Phi) is 6.04. The van der Waals surface area contributed by atoms with Gasteiger partial charge in [0.05, 0.1) is 30.0 Å². The third-order valence-electron chi connectivity index (χ3n) is 7.35. The van der Waals surface area contributed by atoms with Crippen molar-refractivity contribution in [3.8, 4) is 5.75 Å². The fraction of sp³-hybridized carbons (Fsp3) is 0.480. The van der Waals surface area contributed by atoms with Crippen molar-refractivity contribution < 1.29 is 22.3 Å². The van der Waals surface area contributed by atoms with Crippen molar-refractivity contribution in [3.05, 3.63) is 39.8 Å². The molecule has 3 atom stereocenters. The Morgan fingerprint density at radius 1 is 1.21 bits per heavy atom. The Balaban J connectivity index is 1.37. The normalized spacial score (nSPS) is 24.8. The first-order chi connectivity index (χ1) is 18.1. The molecule has 0 spiro atoms. The Bertz CT molecular complexity index is 1470. The van der Waals surface area contributed by atoms with Crippen molar-refractivity contribution in [2.24, 2.45) is 13.0 Å². The summed E-state index contributed by atoms with van der Waals surface area (Å²) < 4.78 is 64.0. The number of hydrogen-bond acceptors (Lipinski definition) is 7. The van der Waals surface area contributed by atoms with Crippen molar-refractivity contribution in [1.82, 2.24) is 14.5 Å². The fourth-order valence-corrected chi connectivity index (χ4v) is 5.22. The number of piperidine rings is 1. The van der Waals surface area contributed by atoms with Crippen molar-refractivity contribution in [1.29, 1.82) is 0 Å². The molecule has 4 heterocycles. The van der Waals surface area contributed by atoms with E-state index < -0.39 is 36.5 Å². The first kappa shape index (κ1) is 25.0. The van der Waals surface area contributed by atoms with E-state index in [2.05, 4.69) is 20.6 Å². The van der Waals surface area contributed by atoms with Gasteiger partial charge >= 0.3 is 5.92 Å². The molecule has 1 aromatic carbocycles. The van der Waals surface area contributed by atoms with Gasteiger partial charge < -0.3 is 24.8 Å². The number of pyridine rings is 1. The highest BCUT2D eigenvalue weighted by Gasteiger charge is 2.51. The van der Waals surface area contributed by atoms with Crippen LogP contribution in [0.25, 0.3) is 10.9 Å². The van der Waals surface area contributed by atoms with Gasteiger partial charge in [0.25, 0.3) is 5.56 Å². The molecule has 3 aromatic rings. The monoisotopic (exact) mass is 552 g/mol. The molecule has 2 aliphatic heterocycles. The van der Waals surface area contributed by atoms with Gasteiger partial charge in [-0.25, -0.2) is 22.5 Å². The third-order valence-corrected chi connectivity index (χ3v) is 7.63. The van der Waals surface area contributed by atoms with E-state index in [-0.39, 0.29) is 53.7 Å². The van der Waals surface area contributed by atoms with E-state index in [9.17, 15) is 22.4 Å². The van der Waals surface area contributed by atoms with Gasteiger partial charge in [0.1, 0.15) is 17.4 Å². The van der Waals surface area contributed by atoms with Crippen LogP contribution in [0, 0.1) is 5.92 Å². The number of fused-ring (bicyclic) bond motifs is 3. The lowest BCUT2D eigenvalue weighted by Gasteiger charge is -2.31. The van der Waals surface area contributed by atoms with E-state index in [1.807, 2.05) is 0 Å². The van der Waals surface area contributed by atoms with Gasteiger partial charge in [0, 0.05) is 24.7 Å². The highest BCUT2D eigenvalue weighted by Crippen LogP contribution is 2.45. The van der Waals surface area contributed by atoms with E-state index in [0.717, 1.165) is 0 Å². The molecule has 202 valence electrons. The lowest BCUT2D eigenvalue weighted by Crippen LogP contribution is -2.44. The van der Waals surface area contributed by atoms with Gasteiger partial charge in [-0.2, -0.15) is 4.98 Å². The Hall–Kier alpha value is -3.28. The first-order valence-corrected chi connectivity index (χ1v) is 12.8. The van der Waals surface area contributed by atoms with Gasteiger partial charge in [-0.05, 0) is 43.4 Å². The van der Waals surface area contributed by atoms with Crippen molar-refractivity contribution in [2.75, 3.05) is 35.2 Å². The topological polar surface area (TPSA) is 84.3 Å². The summed E-state index contributed by atoms with van der Waals surface area (Å²) in [7, 11) is 1.55. The number of anilines is 4. The smallest absolute Gasteiger partial charge is 0.301 e. The average molecular weight is 553 g/mol. The number of nitrogens with zero attached hydrogens (tertiary/aromatic N) is 4. The van der Waals surface area contributed by atoms with Crippen LogP contribution in [-0.2, 0) is 7.05 Å². The molecule has 2 fully saturated rings. The van der Waals surface area contributed by atoms with Gasteiger partial charge in [-0.1, -0.05) is 11.6 Å². The van der Waals surface area contributed by atoms with Gasteiger partial charge in [-0.3, -0.25) is 4.79 Å². The molecule has 0 radical (unpaired) electrons. The molecule has 3 aliphatic rings. The molecule has 1 aliphatic carbocycles. The standard InChI is InChI=1S/C25H25ClF4N6O2/c1-35-18-5-4-13(32-22-15(26)9-31-24(34-22)36-7-6-16(27)17(28)10-36)8-14(18)19-20(23(35)37)38-11-25(29,30)21(33-19)12-2-3-12/h4-5,8-9,12,16-17,21,33H,2-3,6-7,10-11H2,1H3,(H,31,32,34)/t16-,17-,21-/m0/s1. The van der Waals surface area contributed by atoms with Gasteiger partial charge in [-0.15, -0.1) is 0 Å². The molecule has 0 amide bonds. The number of benzene rings is 1. The summed E-state index contributed by atoms with van der Waals surface area (Å²) in [6, 6.07) is 3.93. The second-order valence-electron chi connectivity index (χ2n) is 10.1. The number of hydrogen-bond donors (Lipinski definition) is 2. The maximum atomic E-state index is 14.9. The lowest BCUT2D eigenvalue weighted by atomic mass is 10.0. The van der Waals surface area contributed by atoms with Crippen LogP contribution in [0.4, 0.5) is 40.7 Å². The molecule has 8 nitrogen and oxygen atoms in total. The minimum Gasteiger partial charge on any atom is -0.480 e. The van der Waals surface area contributed by atoms with Crippen LogP contribution in [0.1, 0.15) is 19.3 Å². The number of aromatic nitrogens is 3. The minimum absolute atomic E-state index is 0.0282. The van der Waals surface area contributed by atoms with E-state index >= 15 is 0 Å². The molecule has 6 rings (SSSR count). The molecule has 13 heteroatoms. The summed E-state index contributed by atoms with van der Waals surface area (Å²) in [6.07, 6.45) is -0.395. The quantitative estimate of drug-likeness (QED) is 0.449. The number of ether oxygens (including phenoxy) is 1. The summed E-state index contributed by atoms with van der Waals surface area (Å²) in [5, 5.41) is 6.75.